The van der Waals surface area contributed by atoms with Gasteiger partial charge in [0.1, 0.15) is 0 Å². The number of nitrogens with two attached hydrogens (primary N) is 1. The molecule has 0 spiro atoms. The van der Waals surface area contributed by atoms with Gasteiger partial charge in [0.05, 0.1) is 0 Å². The second kappa shape index (κ2) is 6.23. The molecule has 0 atom stereocenters. The lowest BCUT2D eigenvalue weighted by Gasteiger charge is -2.23. The Morgan fingerprint density at radius 3 is 2.83 bits per heavy atom. The van der Waals surface area contributed by atoms with Crippen LogP contribution < -0.4 is 11.3 Å². The Kier molecular flexibility index (Phi) is 4.64. The quantitative estimate of drug-likeness (QED) is 0.674. The summed E-state index contributed by atoms with van der Waals surface area (Å²) in [7, 11) is 0. The molecule has 0 saturated heterocycles. The third-order valence-corrected chi connectivity index (χ3v) is 4.11. The molecule has 98 valence electrons. The normalized spacial score (nSPS) is 17.9. The van der Waals surface area contributed by atoms with Gasteiger partial charge in [-0.1, -0.05) is 54.6 Å². The second-order valence-corrected chi connectivity index (χ2v) is 5.89. The number of allylic oxidation sites excluding steroid dienone is 1. The van der Waals surface area contributed by atoms with Crippen molar-refractivity contribution < 1.29 is 0 Å². The van der Waals surface area contributed by atoms with Crippen LogP contribution in [0.25, 0.3) is 5.70 Å². The third kappa shape index (κ3) is 3.25. The van der Waals surface area contributed by atoms with E-state index in [-0.39, 0.29) is 0 Å². The molecule has 1 saturated carbocycles. The molecular weight excluding hydrogens is 290 g/mol. The molecule has 3 nitrogen and oxygen atoms in total. The zero-order valence-electron chi connectivity index (χ0n) is 10.6. The highest BCUT2D eigenvalue weighted by molar-refractivity contribution is 9.10. The fourth-order valence-electron chi connectivity index (χ4n) is 2.65. The summed E-state index contributed by atoms with van der Waals surface area (Å²) in [4.78, 5) is 0. The summed E-state index contributed by atoms with van der Waals surface area (Å²) in [6.07, 6.45) is 9.76. The highest BCUT2D eigenvalue weighted by Gasteiger charge is 2.15. The summed E-state index contributed by atoms with van der Waals surface area (Å²) < 4.78 is 2.97. The molecule has 1 aromatic heterocycles. The van der Waals surface area contributed by atoms with Crippen LogP contribution in [0.15, 0.2) is 34.5 Å². The number of rotatable bonds is 3. The van der Waals surface area contributed by atoms with Crippen LogP contribution in [-0.4, -0.2) is 4.57 Å². The molecule has 0 aliphatic heterocycles. The van der Waals surface area contributed by atoms with E-state index in [1.54, 1.807) is 0 Å². The van der Waals surface area contributed by atoms with Crippen molar-refractivity contribution in [2.45, 2.75) is 38.5 Å². The first-order valence-corrected chi connectivity index (χ1v) is 7.30. The van der Waals surface area contributed by atoms with Gasteiger partial charge in [-0.2, -0.15) is 5.10 Å². The zero-order valence-corrected chi connectivity index (χ0v) is 12.2. The SMILES string of the molecule is C=C(CC1CCCCC1)n1ccc(Br)c/c1=N/N. The highest BCUT2D eigenvalue weighted by Crippen LogP contribution is 2.29. The van der Waals surface area contributed by atoms with Crippen LogP contribution in [0.5, 0.6) is 0 Å². The highest BCUT2D eigenvalue weighted by atomic mass is 79.9. The van der Waals surface area contributed by atoms with Gasteiger partial charge in [0, 0.05) is 16.4 Å². The van der Waals surface area contributed by atoms with Gasteiger partial charge in [-0.15, -0.1) is 0 Å². The average molecular weight is 310 g/mol. The van der Waals surface area contributed by atoms with Crippen molar-refractivity contribution >= 4 is 21.6 Å². The summed E-state index contributed by atoms with van der Waals surface area (Å²) in [6, 6.07) is 3.90. The molecule has 1 heterocycles. The van der Waals surface area contributed by atoms with Crippen molar-refractivity contribution in [1.82, 2.24) is 4.57 Å². The maximum atomic E-state index is 5.43. The molecular formula is C14H20BrN3. The van der Waals surface area contributed by atoms with E-state index in [0.29, 0.717) is 0 Å². The van der Waals surface area contributed by atoms with Crippen molar-refractivity contribution in [3.05, 3.63) is 34.9 Å². The fraction of sp³-hybridized carbons (Fsp3) is 0.500. The summed E-state index contributed by atoms with van der Waals surface area (Å²) in [6.45, 7) is 4.19. The molecule has 0 radical (unpaired) electrons. The molecule has 1 aliphatic rings. The summed E-state index contributed by atoms with van der Waals surface area (Å²) >= 11 is 3.43. The predicted octanol–water partition coefficient (Wildman–Crippen LogP) is 3.47. The standard InChI is InChI=1S/C14H20BrN3/c1-11(9-12-5-3-2-4-6-12)18-8-7-13(15)10-14(18)17-16/h7-8,10,12H,1-6,9,16H2/b17-14-. The van der Waals surface area contributed by atoms with E-state index in [9.17, 15) is 0 Å². The van der Waals surface area contributed by atoms with E-state index in [4.69, 9.17) is 5.84 Å². The van der Waals surface area contributed by atoms with E-state index in [2.05, 4.69) is 27.6 Å². The van der Waals surface area contributed by atoms with Crippen LogP contribution in [0.4, 0.5) is 0 Å². The molecule has 4 heteroatoms. The predicted molar refractivity (Wildman–Crippen MR) is 78.4 cm³/mol. The Balaban J connectivity index is 2.13. The van der Waals surface area contributed by atoms with Gasteiger partial charge in [0.25, 0.3) is 0 Å². The average Bonchev–Trinajstić information content (AvgIpc) is 2.39. The smallest absolute Gasteiger partial charge is 0.157 e. The van der Waals surface area contributed by atoms with Crippen molar-refractivity contribution in [2.24, 2.45) is 16.9 Å². The van der Waals surface area contributed by atoms with Crippen molar-refractivity contribution in [3.8, 4) is 0 Å². The number of hydrogen-bond acceptors (Lipinski definition) is 2. The molecule has 18 heavy (non-hydrogen) atoms. The maximum absolute atomic E-state index is 5.43. The molecule has 2 rings (SSSR count). The summed E-state index contributed by atoms with van der Waals surface area (Å²) in [5.74, 6) is 6.20. The van der Waals surface area contributed by atoms with E-state index < -0.39 is 0 Å². The lowest BCUT2D eigenvalue weighted by molar-refractivity contribution is 0.362. The van der Waals surface area contributed by atoms with Gasteiger partial charge in [0.2, 0.25) is 0 Å². The Bertz CT molecular complexity index is 484. The first-order valence-electron chi connectivity index (χ1n) is 6.51. The van der Waals surface area contributed by atoms with Gasteiger partial charge in [0.15, 0.2) is 5.49 Å². The first-order chi connectivity index (χ1) is 8.70. The fourth-order valence-corrected chi connectivity index (χ4v) is 2.98. The van der Waals surface area contributed by atoms with Crippen LogP contribution in [0.2, 0.25) is 0 Å². The minimum Gasteiger partial charge on any atom is -0.321 e. The van der Waals surface area contributed by atoms with Crippen LogP contribution in [0.3, 0.4) is 0 Å². The molecule has 0 amide bonds. The first kappa shape index (κ1) is 13.4. The Labute approximate surface area is 117 Å². The van der Waals surface area contributed by atoms with Gasteiger partial charge < -0.3 is 10.4 Å². The topological polar surface area (TPSA) is 43.3 Å². The van der Waals surface area contributed by atoms with E-state index >= 15 is 0 Å². The molecule has 0 aromatic carbocycles. The largest absolute Gasteiger partial charge is 0.321 e. The number of aromatic nitrogens is 1. The lowest BCUT2D eigenvalue weighted by atomic mass is 9.86. The minimum atomic E-state index is 0.741. The van der Waals surface area contributed by atoms with E-state index in [1.807, 2.05) is 22.9 Å². The van der Waals surface area contributed by atoms with Crippen LogP contribution in [0.1, 0.15) is 38.5 Å². The minimum absolute atomic E-state index is 0.741. The van der Waals surface area contributed by atoms with E-state index in [1.165, 1.54) is 32.1 Å². The van der Waals surface area contributed by atoms with Crippen molar-refractivity contribution in [2.75, 3.05) is 0 Å². The zero-order chi connectivity index (χ0) is 13.0. The monoisotopic (exact) mass is 309 g/mol. The number of halogens is 1. The summed E-state index contributed by atoms with van der Waals surface area (Å²) in [5.41, 5.74) is 1.82. The molecule has 0 unspecified atom stereocenters. The third-order valence-electron chi connectivity index (χ3n) is 3.62. The Hall–Kier alpha value is -1.03. The molecule has 1 aliphatic carbocycles. The Morgan fingerprint density at radius 2 is 2.17 bits per heavy atom. The van der Waals surface area contributed by atoms with Crippen molar-refractivity contribution in [1.29, 1.82) is 0 Å². The molecule has 0 bridgehead atoms. The van der Waals surface area contributed by atoms with Crippen LogP contribution >= 0.6 is 15.9 Å². The van der Waals surface area contributed by atoms with E-state index in [0.717, 1.165) is 28.0 Å². The summed E-state index contributed by atoms with van der Waals surface area (Å²) in [5, 5.41) is 3.82. The van der Waals surface area contributed by atoms with Gasteiger partial charge >= 0.3 is 0 Å². The van der Waals surface area contributed by atoms with Crippen molar-refractivity contribution in [3.63, 3.8) is 0 Å². The molecule has 1 aromatic rings. The second-order valence-electron chi connectivity index (χ2n) is 4.98. The number of pyridine rings is 1. The Morgan fingerprint density at radius 1 is 1.44 bits per heavy atom. The van der Waals surface area contributed by atoms with Gasteiger partial charge in [-0.3, -0.25) is 0 Å². The van der Waals surface area contributed by atoms with Gasteiger partial charge in [-0.05, 0) is 24.5 Å². The number of hydrogen-bond donors (Lipinski definition) is 1. The number of nitrogens with zero attached hydrogens (tertiary/aromatic N) is 2. The molecule has 2 N–H and O–H groups in total. The van der Waals surface area contributed by atoms with Crippen LogP contribution in [0, 0.1) is 5.92 Å². The maximum Gasteiger partial charge on any atom is 0.157 e. The molecule has 1 fully saturated rings. The van der Waals surface area contributed by atoms with Crippen LogP contribution in [-0.2, 0) is 0 Å². The van der Waals surface area contributed by atoms with Gasteiger partial charge in [-0.25, -0.2) is 0 Å². The lowest BCUT2D eigenvalue weighted by Crippen LogP contribution is -2.22.